The maximum absolute atomic E-state index is 15.1. The van der Waals surface area contributed by atoms with Crippen LogP contribution in [0.3, 0.4) is 0 Å². The van der Waals surface area contributed by atoms with Gasteiger partial charge in [-0.15, -0.1) is 0 Å². The first-order chi connectivity index (χ1) is 15.2. The van der Waals surface area contributed by atoms with E-state index in [0.717, 1.165) is 34.9 Å². The van der Waals surface area contributed by atoms with E-state index in [-0.39, 0.29) is 5.82 Å². The number of nitriles is 1. The lowest BCUT2D eigenvalue weighted by Crippen LogP contribution is -1.98. The summed E-state index contributed by atoms with van der Waals surface area (Å²) in [5, 5.41) is 10.3. The zero-order valence-corrected chi connectivity index (χ0v) is 17.3. The molecule has 4 rings (SSSR count). The average molecular weight is 411 g/mol. The highest BCUT2D eigenvalue weighted by Crippen LogP contribution is 2.26. The maximum Gasteiger partial charge on any atom is 0.159 e. The minimum atomic E-state index is -0.187. The lowest BCUT2D eigenvalue weighted by atomic mass is 9.98. The van der Waals surface area contributed by atoms with Crippen LogP contribution in [0.4, 0.5) is 4.39 Å². The van der Waals surface area contributed by atoms with E-state index in [9.17, 15) is 0 Å². The number of nitrogens with zero attached hydrogens (tertiary/aromatic N) is 3. The number of benzene rings is 3. The summed E-state index contributed by atoms with van der Waals surface area (Å²) in [5.41, 5.74) is 4.27. The van der Waals surface area contributed by atoms with E-state index in [4.69, 9.17) is 10.00 Å². The molecule has 0 atom stereocenters. The summed E-state index contributed by atoms with van der Waals surface area (Å²) in [6.07, 6.45) is 5.69. The van der Waals surface area contributed by atoms with Crippen molar-refractivity contribution in [1.82, 2.24) is 9.97 Å². The van der Waals surface area contributed by atoms with Crippen molar-refractivity contribution < 1.29 is 9.13 Å². The van der Waals surface area contributed by atoms with Crippen LogP contribution in [0, 0.1) is 17.1 Å². The van der Waals surface area contributed by atoms with Crippen molar-refractivity contribution in [3.05, 3.63) is 95.1 Å². The topological polar surface area (TPSA) is 58.8 Å². The Labute approximate surface area is 181 Å². The number of methoxy groups -OCH3 is 1. The first-order valence-corrected chi connectivity index (χ1v) is 10.2. The second-order valence-corrected chi connectivity index (χ2v) is 7.44. The molecule has 1 heterocycles. The third kappa shape index (κ3) is 4.76. The molecule has 0 bridgehead atoms. The van der Waals surface area contributed by atoms with Crippen LogP contribution in [0.15, 0.2) is 67.0 Å². The first-order valence-electron chi connectivity index (χ1n) is 10.2. The molecule has 1 aromatic heterocycles. The van der Waals surface area contributed by atoms with Crippen LogP contribution in [-0.2, 0) is 24.0 Å². The van der Waals surface area contributed by atoms with Crippen molar-refractivity contribution in [2.75, 3.05) is 13.7 Å². The van der Waals surface area contributed by atoms with Crippen LogP contribution in [-0.4, -0.2) is 23.7 Å². The average Bonchev–Trinajstić information content (AvgIpc) is 2.83. The highest BCUT2D eigenvalue weighted by Gasteiger charge is 2.10. The third-order valence-corrected chi connectivity index (χ3v) is 5.36. The van der Waals surface area contributed by atoms with Crippen LogP contribution in [0.5, 0.6) is 0 Å². The van der Waals surface area contributed by atoms with Gasteiger partial charge in [0.1, 0.15) is 5.82 Å². The van der Waals surface area contributed by atoms with Gasteiger partial charge in [-0.05, 0) is 59.5 Å². The molecule has 4 nitrogen and oxygen atoms in total. The van der Waals surface area contributed by atoms with E-state index >= 15 is 4.39 Å². The molecule has 5 heteroatoms. The van der Waals surface area contributed by atoms with Gasteiger partial charge in [0.25, 0.3) is 0 Å². The smallest absolute Gasteiger partial charge is 0.159 e. The van der Waals surface area contributed by atoms with E-state index in [2.05, 4.69) is 16.0 Å². The Bertz CT molecular complexity index is 1230. The molecule has 0 amide bonds. The van der Waals surface area contributed by atoms with Gasteiger partial charge in [-0.1, -0.05) is 36.4 Å². The molecular formula is C26H22FN3O. The highest BCUT2D eigenvalue weighted by atomic mass is 19.1. The second-order valence-electron chi connectivity index (χ2n) is 7.44. The first kappa shape index (κ1) is 20.6. The zero-order valence-electron chi connectivity index (χ0n) is 17.3. The molecule has 0 radical (unpaired) electrons. The normalized spacial score (nSPS) is 10.9. The molecule has 31 heavy (non-hydrogen) atoms. The number of aryl methyl sites for hydroxylation is 2. The summed E-state index contributed by atoms with van der Waals surface area (Å²) in [6, 6.07) is 18.9. The molecule has 0 unspecified atom stereocenters. The number of fused-ring (bicyclic) bond motifs is 1. The predicted octanol–water partition coefficient (Wildman–Crippen LogP) is 5.28. The van der Waals surface area contributed by atoms with Gasteiger partial charge in [0.15, 0.2) is 5.82 Å². The van der Waals surface area contributed by atoms with E-state index in [1.54, 1.807) is 37.7 Å². The standard InChI is InChI=1S/C26H22FN3O/c1-31-13-12-20-16-29-26(30-17-20)23-10-11-24-22(14-23)9-8-21(25(24)27)7-6-18-2-4-19(15-28)5-3-18/h2-5,8-11,14,16-17H,6-7,12-13H2,1H3. The minimum Gasteiger partial charge on any atom is -0.384 e. The minimum absolute atomic E-state index is 0.187. The monoisotopic (exact) mass is 411 g/mol. The summed E-state index contributed by atoms with van der Waals surface area (Å²) in [4.78, 5) is 8.89. The number of rotatable bonds is 7. The molecule has 0 spiro atoms. The summed E-state index contributed by atoms with van der Waals surface area (Å²) in [7, 11) is 1.67. The zero-order chi connectivity index (χ0) is 21.6. The molecule has 0 saturated heterocycles. The summed E-state index contributed by atoms with van der Waals surface area (Å²) < 4.78 is 20.2. The quantitative estimate of drug-likeness (QED) is 0.415. The molecule has 0 N–H and O–H groups in total. The number of aromatic nitrogens is 2. The highest BCUT2D eigenvalue weighted by molar-refractivity contribution is 5.87. The Morgan fingerprint density at radius 1 is 0.903 bits per heavy atom. The molecule has 3 aromatic carbocycles. The van der Waals surface area contributed by atoms with Gasteiger partial charge in [0.05, 0.1) is 18.2 Å². The Hall–Kier alpha value is -3.62. The number of hydrogen-bond acceptors (Lipinski definition) is 4. The Kier molecular flexibility index (Phi) is 6.30. The molecule has 0 fully saturated rings. The molecule has 0 saturated carbocycles. The SMILES string of the molecule is COCCc1cnc(-c2ccc3c(F)c(CCc4ccc(C#N)cc4)ccc3c2)nc1. The van der Waals surface area contributed by atoms with Crippen molar-refractivity contribution in [1.29, 1.82) is 5.26 Å². The summed E-state index contributed by atoms with van der Waals surface area (Å²) >= 11 is 0. The number of halogens is 1. The van der Waals surface area contributed by atoms with E-state index < -0.39 is 0 Å². The van der Waals surface area contributed by atoms with Gasteiger partial charge >= 0.3 is 0 Å². The largest absolute Gasteiger partial charge is 0.384 e. The third-order valence-electron chi connectivity index (χ3n) is 5.36. The van der Waals surface area contributed by atoms with E-state index in [1.165, 1.54) is 0 Å². The fraction of sp³-hybridized carbons (Fsp3) is 0.192. The molecule has 4 aromatic rings. The lowest BCUT2D eigenvalue weighted by molar-refractivity contribution is 0.202. The lowest BCUT2D eigenvalue weighted by Gasteiger charge is -2.09. The van der Waals surface area contributed by atoms with Crippen molar-refractivity contribution in [2.24, 2.45) is 0 Å². The van der Waals surface area contributed by atoms with Crippen LogP contribution < -0.4 is 0 Å². The van der Waals surface area contributed by atoms with Crippen molar-refractivity contribution in [3.8, 4) is 17.5 Å². The summed E-state index contributed by atoms with van der Waals surface area (Å²) in [5.74, 6) is 0.432. The van der Waals surface area contributed by atoms with Crippen molar-refractivity contribution >= 4 is 10.8 Å². The van der Waals surface area contributed by atoms with Gasteiger partial charge in [0.2, 0.25) is 0 Å². The number of ether oxygens (including phenoxy) is 1. The van der Waals surface area contributed by atoms with Gasteiger partial charge < -0.3 is 4.74 Å². The van der Waals surface area contributed by atoms with Crippen molar-refractivity contribution in [3.63, 3.8) is 0 Å². The van der Waals surface area contributed by atoms with Gasteiger partial charge in [-0.2, -0.15) is 5.26 Å². The van der Waals surface area contributed by atoms with Crippen LogP contribution in [0.2, 0.25) is 0 Å². The van der Waals surface area contributed by atoms with E-state index in [0.29, 0.717) is 35.4 Å². The maximum atomic E-state index is 15.1. The van der Waals surface area contributed by atoms with Gasteiger partial charge in [-0.25, -0.2) is 14.4 Å². The van der Waals surface area contributed by atoms with Crippen LogP contribution in [0.25, 0.3) is 22.2 Å². The second kappa shape index (κ2) is 9.46. The molecule has 0 aliphatic rings. The molecule has 0 aliphatic carbocycles. The van der Waals surface area contributed by atoms with Crippen molar-refractivity contribution in [2.45, 2.75) is 19.3 Å². The molecule has 0 aliphatic heterocycles. The Morgan fingerprint density at radius 2 is 1.68 bits per heavy atom. The fourth-order valence-corrected chi connectivity index (χ4v) is 3.55. The molecular weight excluding hydrogens is 389 g/mol. The van der Waals surface area contributed by atoms with Crippen LogP contribution in [0.1, 0.15) is 22.3 Å². The van der Waals surface area contributed by atoms with Crippen LogP contribution >= 0.6 is 0 Å². The predicted molar refractivity (Wildman–Crippen MR) is 119 cm³/mol. The fourth-order valence-electron chi connectivity index (χ4n) is 3.55. The summed E-state index contributed by atoms with van der Waals surface area (Å²) in [6.45, 7) is 0.630. The Balaban J connectivity index is 1.52. The van der Waals surface area contributed by atoms with Gasteiger partial charge in [0, 0.05) is 30.5 Å². The van der Waals surface area contributed by atoms with Gasteiger partial charge in [-0.3, -0.25) is 0 Å². The van der Waals surface area contributed by atoms with E-state index in [1.807, 2.05) is 36.4 Å². The Morgan fingerprint density at radius 3 is 2.39 bits per heavy atom. The number of hydrogen-bond donors (Lipinski definition) is 0. The molecule has 154 valence electrons.